The molecule has 1 amide bonds. The molecule has 1 aromatic heterocycles. The number of nitrogens with zero attached hydrogens (tertiary/aromatic N) is 2. The van der Waals surface area contributed by atoms with Crippen molar-refractivity contribution in [1.29, 1.82) is 0 Å². The molecule has 7 heteroatoms. The van der Waals surface area contributed by atoms with Crippen LogP contribution in [0.1, 0.15) is 21.7 Å². The fourth-order valence-electron chi connectivity index (χ4n) is 2.01. The number of hydrogen-bond acceptors (Lipinski definition) is 3. The summed E-state index contributed by atoms with van der Waals surface area (Å²) in [5, 5.41) is 16.0. The number of amides is 1. The largest absolute Gasteiger partial charge is 0.478 e. The third-order valence-electron chi connectivity index (χ3n) is 2.90. The van der Waals surface area contributed by atoms with Crippen LogP contribution in [0.25, 0.3) is 0 Å². The number of rotatable bonds is 4. The molecule has 0 spiro atoms. The number of nitrogens with one attached hydrogen (secondary N) is 1. The molecule has 0 radical (unpaired) electrons. The van der Waals surface area contributed by atoms with E-state index in [0.717, 1.165) is 11.4 Å². The zero-order valence-corrected chi connectivity index (χ0v) is 12.3. The Morgan fingerprint density at radius 1 is 1.38 bits per heavy atom. The molecule has 0 atom stereocenters. The van der Waals surface area contributed by atoms with Crippen LogP contribution >= 0.6 is 11.6 Å². The number of carbonyl (C=O) groups excluding carboxylic acids is 1. The Balaban J connectivity index is 2.19. The number of carbonyl (C=O) groups is 2. The lowest BCUT2D eigenvalue weighted by atomic mass is 10.1. The van der Waals surface area contributed by atoms with E-state index in [2.05, 4.69) is 10.4 Å². The SMILES string of the molecule is Cc1cc(C)n(CC(=O)Nc2cccc(Cl)c2C(=O)O)n1. The molecule has 0 saturated carbocycles. The van der Waals surface area contributed by atoms with Gasteiger partial charge in [0.2, 0.25) is 5.91 Å². The van der Waals surface area contributed by atoms with Crippen LogP contribution in [0.2, 0.25) is 5.02 Å². The van der Waals surface area contributed by atoms with Crippen LogP contribution in [-0.2, 0) is 11.3 Å². The van der Waals surface area contributed by atoms with Gasteiger partial charge in [-0.3, -0.25) is 9.48 Å². The minimum absolute atomic E-state index is 0.00520. The van der Waals surface area contributed by atoms with Crippen LogP contribution in [-0.4, -0.2) is 26.8 Å². The average molecular weight is 308 g/mol. The van der Waals surface area contributed by atoms with Crippen LogP contribution in [0.3, 0.4) is 0 Å². The molecule has 1 heterocycles. The Morgan fingerprint density at radius 3 is 2.67 bits per heavy atom. The number of carboxylic acid groups (broad SMARTS) is 1. The minimum atomic E-state index is -1.19. The fourth-order valence-corrected chi connectivity index (χ4v) is 2.26. The number of aromatic nitrogens is 2. The third kappa shape index (κ3) is 3.41. The van der Waals surface area contributed by atoms with Gasteiger partial charge >= 0.3 is 5.97 Å². The molecule has 2 N–H and O–H groups in total. The Bertz CT molecular complexity index is 709. The number of benzene rings is 1. The van der Waals surface area contributed by atoms with Crippen molar-refractivity contribution in [2.45, 2.75) is 20.4 Å². The smallest absolute Gasteiger partial charge is 0.339 e. The van der Waals surface area contributed by atoms with Crippen molar-refractivity contribution < 1.29 is 14.7 Å². The molecule has 0 aliphatic rings. The van der Waals surface area contributed by atoms with Gasteiger partial charge in [0.15, 0.2) is 0 Å². The van der Waals surface area contributed by atoms with Gasteiger partial charge in [-0.25, -0.2) is 4.79 Å². The zero-order valence-electron chi connectivity index (χ0n) is 11.6. The molecule has 0 fully saturated rings. The number of aromatic carboxylic acids is 1. The first kappa shape index (κ1) is 15.1. The summed E-state index contributed by atoms with van der Waals surface area (Å²) >= 11 is 5.85. The molecular weight excluding hydrogens is 294 g/mol. The first-order valence-electron chi connectivity index (χ1n) is 6.21. The minimum Gasteiger partial charge on any atom is -0.478 e. The van der Waals surface area contributed by atoms with E-state index in [1.165, 1.54) is 12.1 Å². The van der Waals surface area contributed by atoms with Gasteiger partial charge in [0.05, 0.1) is 16.4 Å². The number of aryl methyl sites for hydroxylation is 2. The third-order valence-corrected chi connectivity index (χ3v) is 3.21. The van der Waals surface area contributed by atoms with Crippen molar-refractivity contribution in [2.24, 2.45) is 0 Å². The summed E-state index contributed by atoms with van der Waals surface area (Å²) in [5.41, 5.74) is 1.71. The Labute approximate surface area is 126 Å². The van der Waals surface area contributed by atoms with E-state index in [4.69, 9.17) is 16.7 Å². The fraction of sp³-hybridized carbons (Fsp3) is 0.214. The predicted octanol–water partition coefficient (Wildman–Crippen LogP) is 2.49. The van der Waals surface area contributed by atoms with Gasteiger partial charge < -0.3 is 10.4 Å². The number of carboxylic acids is 1. The van der Waals surface area contributed by atoms with Crippen molar-refractivity contribution in [2.75, 3.05) is 5.32 Å². The molecule has 0 unspecified atom stereocenters. The van der Waals surface area contributed by atoms with Crippen molar-refractivity contribution in [3.05, 3.63) is 46.2 Å². The lowest BCUT2D eigenvalue weighted by Crippen LogP contribution is -2.21. The molecule has 1 aromatic carbocycles. The molecule has 0 aliphatic heterocycles. The molecule has 110 valence electrons. The van der Waals surface area contributed by atoms with Gasteiger partial charge in [-0.2, -0.15) is 5.10 Å². The Hall–Kier alpha value is -2.34. The molecule has 2 rings (SSSR count). The standard InChI is InChI=1S/C14H14ClN3O3/c1-8-6-9(2)18(17-8)7-12(19)16-11-5-3-4-10(15)13(11)14(20)21/h3-6H,7H2,1-2H3,(H,16,19)(H,20,21). The predicted molar refractivity (Wildman–Crippen MR) is 78.7 cm³/mol. The molecule has 21 heavy (non-hydrogen) atoms. The van der Waals surface area contributed by atoms with Gasteiger partial charge in [0, 0.05) is 5.69 Å². The number of hydrogen-bond donors (Lipinski definition) is 2. The first-order valence-corrected chi connectivity index (χ1v) is 6.59. The molecule has 2 aromatic rings. The highest BCUT2D eigenvalue weighted by atomic mass is 35.5. The Morgan fingerprint density at radius 2 is 2.10 bits per heavy atom. The quantitative estimate of drug-likeness (QED) is 0.909. The van der Waals surface area contributed by atoms with Crippen molar-refractivity contribution in [3.8, 4) is 0 Å². The monoisotopic (exact) mass is 307 g/mol. The second-order valence-corrected chi connectivity index (χ2v) is 5.01. The van der Waals surface area contributed by atoms with E-state index in [0.29, 0.717) is 0 Å². The first-order chi connectivity index (χ1) is 9.88. The van der Waals surface area contributed by atoms with E-state index in [9.17, 15) is 9.59 Å². The summed E-state index contributed by atoms with van der Waals surface area (Å²) < 4.78 is 1.55. The molecular formula is C14H14ClN3O3. The highest BCUT2D eigenvalue weighted by Gasteiger charge is 2.16. The molecule has 6 nitrogen and oxygen atoms in total. The van der Waals surface area contributed by atoms with Gasteiger partial charge in [0.25, 0.3) is 0 Å². The molecule has 0 bridgehead atoms. The summed E-state index contributed by atoms with van der Waals surface area (Å²) in [5.74, 6) is -1.56. The lowest BCUT2D eigenvalue weighted by molar-refractivity contribution is -0.116. The lowest BCUT2D eigenvalue weighted by Gasteiger charge is -2.10. The summed E-state index contributed by atoms with van der Waals surface area (Å²) in [7, 11) is 0. The van der Waals surface area contributed by atoms with Gasteiger partial charge in [-0.15, -0.1) is 0 Å². The van der Waals surface area contributed by atoms with E-state index >= 15 is 0 Å². The van der Waals surface area contributed by atoms with Gasteiger partial charge in [-0.1, -0.05) is 17.7 Å². The van der Waals surface area contributed by atoms with E-state index < -0.39 is 5.97 Å². The van der Waals surface area contributed by atoms with Crippen LogP contribution in [0.4, 0.5) is 5.69 Å². The highest BCUT2D eigenvalue weighted by molar-refractivity contribution is 6.34. The van der Waals surface area contributed by atoms with E-state index in [1.54, 1.807) is 10.7 Å². The summed E-state index contributed by atoms with van der Waals surface area (Å²) in [4.78, 5) is 23.2. The van der Waals surface area contributed by atoms with E-state index in [-0.39, 0.29) is 28.7 Å². The van der Waals surface area contributed by atoms with Crippen molar-refractivity contribution in [3.63, 3.8) is 0 Å². The molecule has 0 aliphatic carbocycles. The summed E-state index contributed by atoms with van der Waals surface area (Å²) in [6.45, 7) is 3.68. The average Bonchev–Trinajstić information content (AvgIpc) is 2.67. The van der Waals surface area contributed by atoms with Gasteiger partial charge in [-0.05, 0) is 32.0 Å². The normalized spacial score (nSPS) is 10.4. The second-order valence-electron chi connectivity index (χ2n) is 4.60. The highest BCUT2D eigenvalue weighted by Crippen LogP contribution is 2.24. The Kier molecular flexibility index (Phi) is 4.28. The van der Waals surface area contributed by atoms with Crippen LogP contribution in [0, 0.1) is 13.8 Å². The van der Waals surface area contributed by atoms with E-state index in [1.807, 2.05) is 19.9 Å². The van der Waals surface area contributed by atoms with Gasteiger partial charge in [0.1, 0.15) is 12.1 Å². The second kappa shape index (κ2) is 5.97. The number of anilines is 1. The van der Waals surface area contributed by atoms with Crippen LogP contribution in [0.5, 0.6) is 0 Å². The van der Waals surface area contributed by atoms with Crippen LogP contribution < -0.4 is 5.32 Å². The number of halogens is 1. The van der Waals surface area contributed by atoms with Crippen molar-refractivity contribution >= 4 is 29.2 Å². The van der Waals surface area contributed by atoms with Crippen LogP contribution in [0.15, 0.2) is 24.3 Å². The zero-order chi connectivity index (χ0) is 15.6. The summed E-state index contributed by atoms with van der Waals surface area (Å²) in [6, 6.07) is 6.39. The maximum Gasteiger partial charge on any atom is 0.339 e. The topological polar surface area (TPSA) is 84.2 Å². The molecule has 0 saturated heterocycles. The summed E-state index contributed by atoms with van der Waals surface area (Å²) in [6.07, 6.45) is 0. The van der Waals surface area contributed by atoms with Crippen molar-refractivity contribution in [1.82, 2.24) is 9.78 Å². The maximum atomic E-state index is 12.0. The maximum absolute atomic E-state index is 12.0.